The van der Waals surface area contributed by atoms with Crippen LogP contribution >= 0.6 is 11.3 Å². The van der Waals surface area contributed by atoms with Crippen molar-refractivity contribution < 1.29 is 4.42 Å². The van der Waals surface area contributed by atoms with E-state index in [1.165, 1.54) is 121 Å². The van der Waals surface area contributed by atoms with Crippen molar-refractivity contribution in [1.29, 1.82) is 0 Å². The van der Waals surface area contributed by atoms with E-state index in [1.807, 2.05) is 11.3 Å². The lowest BCUT2D eigenvalue weighted by molar-refractivity contribution is 0.332. The van der Waals surface area contributed by atoms with Crippen LogP contribution in [0.25, 0.3) is 80.7 Å². The largest absolute Gasteiger partial charge is 0.455 e. The molecule has 5 heteroatoms. The van der Waals surface area contributed by atoms with Crippen molar-refractivity contribution in [3.05, 3.63) is 137 Å². The molecule has 4 heterocycles. The number of benzene rings is 7. The summed E-state index contributed by atoms with van der Waals surface area (Å²) in [6.45, 7) is 26.6. The Morgan fingerprint density at radius 2 is 1.21 bits per heavy atom. The summed E-state index contributed by atoms with van der Waals surface area (Å²) in [6, 6.07) is 42.4. The molecule has 3 nitrogen and oxygen atoms in total. The Hall–Kier alpha value is -5.78. The summed E-state index contributed by atoms with van der Waals surface area (Å²) in [4.78, 5) is 0. The Balaban J connectivity index is 1.22. The number of furan rings is 1. The molecular weight excluding hydrogens is 832 g/mol. The molecule has 0 saturated heterocycles. The third-order valence-electron chi connectivity index (χ3n) is 17.1. The van der Waals surface area contributed by atoms with Gasteiger partial charge in [-0.15, -0.1) is 11.3 Å². The predicted octanol–water partition coefficient (Wildman–Crippen LogP) is 16.2. The molecule has 0 atom stereocenters. The number of fused-ring (bicyclic) bond motifs is 14. The molecule has 13 rings (SSSR count). The lowest BCUT2D eigenvalue weighted by Crippen LogP contribution is -2.38. The van der Waals surface area contributed by atoms with E-state index >= 15 is 0 Å². The van der Waals surface area contributed by atoms with Crippen LogP contribution in [-0.4, -0.2) is 11.8 Å². The minimum Gasteiger partial charge on any atom is -0.455 e. The number of hydrogen-bond donors (Lipinski definition) is 1. The summed E-state index contributed by atoms with van der Waals surface area (Å²) >= 11 is 1.92. The van der Waals surface area contributed by atoms with Crippen LogP contribution in [0.4, 0.5) is 11.4 Å². The van der Waals surface area contributed by atoms with Crippen molar-refractivity contribution >= 4 is 105 Å². The summed E-state index contributed by atoms with van der Waals surface area (Å²) in [7, 11) is 0.803. The summed E-state index contributed by atoms with van der Waals surface area (Å²) < 4.78 is 12.8. The van der Waals surface area contributed by atoms with Crippen LogP contribution in [0, 0.1) is 0 Å². The predicted molar refractivity (Wildman–Crippen MR) is 292 cm³/mol. The van der Waals surface area contributed by atoms with E-state index in [4.69, 9.17) is 4.42 Å². The van der Waals surface area contributed by atoms with Crippen LogP contribution < -0.4 is 16.2 Å². The Morgan fingerprint density at radius 3 is 1.90 bits per heavy atom. The summed E-state index contributed by atoms with van der Waals surface area (Å²) in [5.74, 6) is 0. The number of aromatic nitrogens is 1. The van der Waals surface area contributed by atoms with Gasteiger partial charge in [-0.2, -0.15) is 0 Å². The Bertz CT molecular complexity index is 3790. The molecule has 0 fully saturated rings. The summed E-state index contributed by atoms with van der Waals surface area (Å²) in [5.41, 5.74) is 20.7. The molecule has 3 aliphatic rings. The first-order valence-electron chi connectivity index (χ1n) is 24.8. The molecule has 3 aromatic heterocycles. The van der Waals surface area contributed by atoms with Crippen molar-refractivity contribution in [2.45, 2.75) is 129 Å². The SMILES string of the molecule is CC(C)(C)c1ccc(Nc2cc3c(cc2-c2c4c5c(c6cc7c(cc6n5-c5cc6c(cc5B4)sc4ccccc46)C(C)(C)CCC7(C)C)c4c2oc2ccccc24)C(C)(C)CCC3(C)C)cc1. The van der Waals surface area contributed by atoms with Crippen molar-refractivity contribution in [3.63, 3.8) is 0 Å². The summed E-state index contributed by atoms with van der Waals surface area (Å²) in [6.07, 6.45) is 4.63. The molecule has 0 amide bonds. The van der Waals surface area contributed by atoms with Gasteiger partial charge in [-0.3, -0.25) is 0 Å². The fourth-order valence-corrected chi connectivity index (χ4v) is 13.9. The van der Waals surface area contributed by atoms with Gasteiger partial charge in [0.2, 0.25) is 0 Å². The van der Waals surface area contributed by atoms with Gasteiger partial charge in [-0.1, -0.05) is 130 Å². The highest BCUT2D eigenvalue weighted by atomic mass is 32.1. The van der Waals surface area contributed by atoms with Crippen molar-refractivity contribution in [1.82, 2.24) is 4.57 Å². The second-order valence-electron chi connectivity index (χ2n) is 24.3. The average Bonchev–Trinajstić information content (AvgIpc) is 3.96. The molecule has 1 N–H and O–H groups in total. The third-order valence-corrected chi connectivity index (χ3v) is 18.2. The molecule has 0 spiro atoms. The summed E-state index contributed by atoms with van der Waals surface area (Å²) in [5, 5.41) is 11.8. The molecule has 67 heavy (non-hydrogen) atoms. The lowest BCUT2D eigenvalue weighted by Gasteiger charge is -2.42. The minimum atomic E-state index is 0.00771. The number of rotatable bonds is 3. The maximum atomic E-state index is 7.42. The number of para-hydroxylation sites is 1. The minimum absolute atomic E-state index is 0.00771. The van der Waals surface area contributed by atoms with Gasteiger partial charge in [0.1, 0.15) is 11.2 Å². The van der Waals surface area contributed by atoms with Gasteiger partial charge in [0.15, 0.2) is 7.28 Å². The average molecular weight is 893 g/mol. The number of anilines is 2. The zero-order valence-electron chi connectivity index (χ0n) is 41.2. The zero-order chi connectivity index (χ0) is 46.3. The molecule has 1 aliphatic heterocycles. The molecule has 2 aliphatic carbocycles. The van der Waals surface area contributed by atoms with Crippen LogP contribution in [0.15, 0.2) is 114 Å². The van der Waals surface area contributed by atoms with E-state index in [9.17, 15) is 0 Å². The highest BCUT2D eigenvalue weighted by molar-refractivity contribution is 7.26. The van der Waals surface area contributed by atoms with E-state index in [0.717, 1.165) is 42.7 Å². The number of nitrogens with one attached hydrogen (secondary N) is 1. The molecule has 0 saturated carbocycles. The highest BCUT2D eigenvalue weighted by Gasteiger charge is 2.41. The van der Waals surface area contributed by atoms with Crippen LogP contribution in [0.1, 0.15) is 130 Å². The van der Waals surface area contributed by atoms with Gasteiger partial charge >= 0.3 is 0 Å². The van der Waals surface area contributed by atoms with E-state index in [-0.39, 0.29) is 27.1 Å². The Labute approximate surface area is 399 Å². The van der Waals surface area contributed by atoms with Crippen LogP contribution in [0.5, 0.6) is 0 Å². The number of hydrogen-bond acceptors (Lipinski definition) is 3. The molecule has 0 bridgehead atoms. The molecule has 7 aromatic carbocycles. The van der Waals surface area contributed by atoms with Gasteiger partial charge < -0.3 is 14.3 Å². The second kappa shape index (κ2) is 13.5. The first-order chi connectivity index (χ1) is 31.8. The fraction of sp³-hybridized carbons (Fsp3) is 0.323. The van der Waals surface area contributed by atoms with Crippen molar-refractivity contribution in [2.24, 2.45) is 0 Å². The van der Waals surface area contributed by atoms with Gasteiger partial charge in [0, 0.05) is 69.9 Å². The smallest absolute Gasteiger partial charge is 0.198 e. The first-order valence-corrected chi connectivity index (χ1v) is 25.6. The van der Waals surface area contributed by atoms with Crippen LogP contribution in [-0.2, 0) is 27.1 Å². The van der Waals surface area contributed by atoms with Crippen molar-refractivity contribution in [2.75, 3.05) is 5.32 Å². The fourth-order valence-electron chi connectivity index (χ4n) is 12.8. The topological polar surface area (TPSA) is 30.1 Å². The first kappa shape index (κ1) is 41.4. The standard InChI is InChI=1S/C62H61BN2OS/c1-58(2,3)34-20-22-35(23-21-34)64-46-31-43-41(59(4,5)24-26-61(43,8)9)28-39(46)54-55-56-52(53-37-17-12-14-18-49(37)66-57(53)54)40-29-42-44(62(10,11)27-25-60(42,6)7)32-47(40)65(56)48-30-38-36-16-13-15-19-50(36)67-51(38)33-45(48)63-55/h12-23,28-33,63-64H,24-27H2,1-11H3. The lowest BCUT2D eigenvalue weighted by atomic mass is 9.58. The van der Waals surface area contributed by atoms with E-state index in [1.54, 1.807) is 0 Å². The van der Waals surface area contributed by atoms with E-state index < -0.39 is 0 Å². The molecule has 10 aromatic rings. The molecule has 334 valence electrons. The number of nitrogens with zero attached hydrogens (tertiary/aromatic N) is 1. The highest BCUT2D eigenvalue weighted by Crippen LogP contribution is 2.54. The van der Waals surface area contributed by atoms with Crippen LogP contribution in [0.3, 0.4) is 0 Å². The Kier molecular flexibility index (Phi) is 8.33. The second-order valence-corrected chi connectivity index (χ2v) is 25.4. The van der Waals surface area contributed by atoms with Gasteiger partial charge in [-0.05, 0) is 147 Å². The van der Waals surface area contributed by atoms with Gasteiger partial charge in [-0.25, -0.2) is 0 Å². The maximum Gasteiger partial charge on any atom is 0.198 e. The van der Waals surface area contributed by atoms with Gasteiger partial charge in [0.25, 0.3) is 0 Å². The van der Waals surface area contributed by atoms with Crippen molar-refractivity contribution in [3.8, 4) is 16.8 Å². The molecular formula is C62H61BN2OS. The van der Waals surface area contributed by atoms with E-state index in [2.05, 4.69) is 195 Å². The molecule has 0 unspecified atom stereocenters. The maximum absolute atomic E-state index is 7.42. The molecule has 0 radical (unpaired) electrons. The monoisotopic (exact) mass is 892 g/mol. The Morgan fingerprint density at radius 1 is 0.597 bits per heavy atom. The van der Waals surface area contributed by atoms with Gasteiger partial charge in [0.05, 0.1) is 11.0 Å². The quantitative estimate of drug-likeness (QED) is 0.179. The third kappa shape index (κ3) is 5.89. The van der Waals surface area contributed by atoms with E-state index in [0.29, 0.717) is 0 Å². The van der Waals surface area contributed by atoms with Crippen LogP contribution in [0.2, 0.25) is 0 Å². The number of thiophene rings is 1. The zero-order valence-corrected chi connectivity index (χ0v) is 42.0. The normalized spacial score (nSPS) is 17.8.